The molecular weight excluding hydrogens is 413 g/mol. The second kappa shape index (κ2) is 6.50. The Morgan fingerprint density at radius 3 is 1.90 bits per heavy atom. The maximum atomic E-state index is 12.5. The topological polar surface area (TPSA) is 0 Å². The first-order valence-corrected chi connectivity index (χ1v) is 10.9. The molecular formula is C14H13Br2F3Si. The fraction of sp³-hybridized carbons (Fsp3) is 0.286. The lowest BCUT2D eigenvalue weighted by atomic mass is 10.1. The summed E-state index contributed by atoms with van der Waals surface area (Å²) in [4.78, 5) is 0. The van der Waals surface area contributed by atoms with E-state index in [4.69, 9.17) is 0 Å². The van der Waals surface area contributed by atoms with Crippen LogP contribution < -0.4 is 0 Å². The highest BCUT2D eigenvalue weighted by molar-refractivity contribution is 9.28. The molecule has 0 amide bonds. The Bertz CT molecular complexity index is 566. The van der Waals surface area contributed by atoms with E-state index in [1.165, 1.54) is 12.1 Å². The quantitative estimate of drug-likeness (QED) is 0.379. The Morgan fingerprint density at radius 1 is 1.05 bits per heavy atom. The Hall–Kier alpha value is -0.513. The molecule has 6 heteroatoms. The first kappa shape index (κ1) is 17.5. The molecule has 1 aromatic carbocycles. The Morgan fingerprint density at radius 2 is 1.55 bits per heavy atom. The smallest absolute Gasteiger partial charge is 0.166 e. The van der Waals surface area contributed by atoms with Crippen LogP contribution >= 0.6 is 31.9 Å². The van der Waals surface area contributed by atoms with E-state index in [2.05, 4.69) is 63.0 Å². The summed E-state index contributed by atoms with van der Waals surface area (Å²) < 4.78 is 38.2. The SMILES string of the molecule is C[Si](C)(C)C#CC(=C(Br)Br)c1ccc(C(F)(F)F)cc1. The summed E-state index contributed by atoms with van der Waals surface area (Å²) >= 11 is 6.58. The van der Waals surface area contributed by atoms with E-state index in [1.54, 1.807) is 0 Å². The van der Waals surface area contributed by atoms with Gasteiger partial charge in [-0.25, -0.2) is 0 Å². The van der Waals surface area contributed by atoms with Crippen molar-refractivity contribution in [3.63, 3.8) is 0 Å². The Labute approximate surface area is 134 Å². The summed E-state index contributed by atoms with van der Waals surface area (Å²) in [6.45, 7) is 6.31. The van der Waals surface area contributed by atoms with E-state index in [9.17, 15) is 13.2 Å². The van der Waals surface area contributed by atoms with E-state index < -0.39 is 19.8 Å². The van der Waals surface area contributed by atoms with Gasteiger partial charge in [0.25, 0.3) is 0 Å². The van der Waals surface area contributed by atoms with Gasteiger partial charge >= 0.3 is 6.18 Å². The predicted octanol–water partition coefficient (Wildman–Crippen LogP) is 6.04. The van der Waals surface area contributed by atoms with Crippen molar-refractivity contribution in [1.29, 1.82) is 0 Å². The van der Waals surface area contributed by atoms with Crippen LogP contribution in [0.2, 0.25) is 19.6 Å². The van der Waals surface area contributed by atoms with Crippen molar-refractivity contribution in [2.45, 2.75) is 25.8 Å². The van der Waals surface area contributed by atoms with Gasteiger partial charge in [0.1, 0.15) is 8.07 Å². The molecule has 108 valence electrons. The average Bonchev–Trinajstić information content (AvgIpc) is 2.26. The van der Waals surface area contributed by atoms with Gasteiger partial charge in [0.15, 0.2) is 0 Å². The molecule has 0 aliphatic heterocycles. The number of alkyl halides is 3. The third-order valence-corrected chi connectivity index (χ3v) is 3.92. The molecule has 0 unspecified atom stereocenters. The molecule has 0 saturated carbocycles. The van der Waals surface area contributed by atoms with Crippen molar-refractivity contribution in [2.75, 3.05) is 0 Å². The second-order valence-corrected chi connectivity index (χ2v) is 12.6. The monoisotopic (exact) mass is 424 g/mol. The zero-order valence-corrected chi connectivity index (χ0v) is 15.4. The molecule has 0 aliphatic rings. The van der Waals surface area contributed by atoms with Crippen LogP contribution in [0.25, 0.3) is 5.57 Å². The lowest BCUT2D eigenvalue weighted by Gasteiger charge is -2.08. The highest BCUT2D eigenvalue weighted by Crippen LogP contribution is 2.32. The van der Waals surface area contributed by atoms with E-state index in [1.807, 2.05) is 0 Å². The maximum absolute atomic E-state index is 12.5. The summed E-state index contributed by atoms with van der Waals surface area (Å²) in [6, 6.07) is 4.99. The number of allylic oxidation sites excluding steroid dienone is 1. The largest absolute Gasteiger partial charge is 0.416 e. The summed E-state index contributed by atoms with van der Waals surface area (Å²) in [5.74, 6) is 3.05. The van der Waals surface area contributed by atoms with E-state index in [0.29, 0.717) is 14.5 Å². The molecule has 0 nitrogen and oxygen atoms in total. The molecule has 0 aromatic heterocycles. The van der Waals surface area contributed by atoms with Gasteiger partial charge in [0.05, 0.1) is 14.5 Å². The van der Waals surface area contributed by atoms with Crippen molar-refractivity contribution in [3.05, 3.63) is 38.8 Å². The van der Waals surface area contributed by atoms with Crippen LogP contribution in [0.4, 0.5) is 13.2 Å². The van der Waals surface area contributed by atoms with Gasteiger partial charge in [0, 0.05) is 0 Å². The zero-order chi connectivity index (χ0) is 15.6. The first-order valence-electron chi connectivity index (χ1n) is 5.77. The van der Waals surface area contributed by atoms with Crippen LogP contribution in [0, 0.1) is 11.5 Å². The van der Waals surface area contributed by atoms with Gasteiger partial charge in [-0.05, 0) is 49.6 Å². The number of rotatable bonds is 1. The second-order valence-electron chi connectivity index (χ2n) is 5.21. The molecule has 0 atom stereocenters. The summed E-state index contributed by atoms with van der Waals surface area (Å²) in [7, 11) is -1.56. The van der Waals surface area contributed by atoms with Crippen LogP contribution in [0.3, 0.4) is 0 Å². The molecule has 0 N–H and O–H groups in total. The van der Waals surface area contributed by atoms with Crippen molar-refractivity contribution in [3.8, 4) is 11.5 Å². The molecule has 0 bridgehead atoms. The van der Waals surface area contributed by atoms with Gasteiger partial charge in [-0.2, -0.15) is 13.2 Å². The van der Waals surface area contributed by atoms with E-state index in [-0.39, 0.29) is 0 Å². The first-order chi connectivity index (χ1) is 9.00. The lowest BCUT2D eigenvalue weighted by molar-refractivity contribution is -0.137. The molecule has 0 aliphatic carbocycles. The normalized spacial score (nSPS) is 11.6. The minimum absolute atomic E-state index is 0.635. The van der Waals surface area contributed by atoms with Crippen molar-refractivity contribution >= 4 is 45.5 Å². The number of benzene rings is 1. The molecule has 1 rings (SSSR count). The van der Waals surface area contributed by atoms with Gasteiger partial charge in [-0.15, -0.1) is 5.54 Å². The van der Waals surface area contributed by atoms with Crippen molar-refractivity contribution in [1.82, 2.24) is 0 Å². The molecule has 0 fully saturated rings. The fourth-order valence-corrected chi connectivity index (χ4v) is 2.46. The fourth-order valence-electron chi connectivity index (χ4n) is 1.30. The molecule has 0 saturated heterocycles. The molecule has 0 heterocycles. The van der Waals surface area contributed by atoms with Gasteiger partial charge in [-0.1, -0.05) is 37.7 Å². The van der Waals surface area contributed by atoms with Gasteiger partial charge < -0.3 is 0 Å². The maximum Gasteiger partial charge on any atom is 0.416 e. The Balaban J connectivity index is 3.19. The van der Waals surface area contributed by atoms with Crippen molar-refractivity contribution < 1.29 is 13.2 Å². The molecule has 20 heavy (non-hydrogen) atoms. The van der Waals surface area contributed by atoms with Crippen LogP contribution in [0.5, 0.6) is 0 Å². The van der Waals surface area contributed by atoms with Crippen LogP contribution in [0.1, 0.15) is 11.1 Å². The number of hydrogen-bond acceptors (Lipinski definition) is 0. The minimum Gasteiger partial charge on any atom is -0.166 e. The third-order valence-electron chi connectivity index (χ3n) is 2.25. The number of hydrogen-bond donors (Lipinski definition) is 0. The predicted molar refractivity (Wildman–Crippen MR) is 87.3 cm³/mol. The van der Waals surface area contributed by atoms with Crippen LogP contribution in [-0.4, -0.2) is 8.07 Å². The lowest BCUT2D eigenvalue weighted by Crippen LogP contribution is -2.16. The molecule has 1 aromatic rings. The highest BCUT2D eigenvalue weighted by Gasteiger charge is 2.30. The average molecular weight is 426 g/mol. The molecule has 0 spiro atoms. The Kier molecular flexibility index (Phi) is 5.70. The van der Waals surface area contributed by atoms with E-state index in [0.717, 1.165) is 12.1 Å². The van der Waals surface area contributed by atoms with Crippen LogP contribution in [0.15, 0.2) is 27.7 Å². The standard InChI is InChI=1S/C14H13Br2F3Si/c1-20(2,3)9-8-12(13(15)16)10-4-6-11(7-5-10)14(17,18)19/h4-7H,1-3H3. The van der Waals surface area contributed by atoms with Gasteiger partial charge in [-0.3, -0.25) is 0 Å². The summed E-state index contributed by atoms with van der Waals surface area (Å²) in [5, 5.41) is 0. The van der Waals surface area contributed by atoms with Crippen LogP contribution in [-0.2, 0) is 6.18 Å². The zero-order valence-electron chi connectivity index (χ0n) is 11.2. The summed E-state index contributed by atoms with van der Waals surface area (Å²) in [5.41, 5.74) is 3.83. The minimum atomic E-state index is -4.32. The number of halogens is 5. The molecule has 0 radical (unpaired) electrons. The van der Waals surface area contributed by atoms with Crippen molar-refractivity contribution in [2.24, 2.45) is 0 Å². The third kappa shape index (κ3) is 5.47. The van der Waals surface area contributed by atoms with E-state index >= 15 is 0 Å². The highest BCUT2D eigenvalue weighted by atomic mass is 79.9. The summed E-state index contributed by atoms with van der Waals surface area (Å²) in [6.07, 6.45) is -4.32. The van der Waals surface area contributed by atoms with Gasteiger partial charge in [0.2, 0.25) is 0 Å².